The number of nitrogens with one attached hydrogen (secondary N) is 1. The Bertz CT molecular complexity index is 498. The number of amides is 1. The van der Waals surface area contributed by atoms with E-state index in [0.29, 0.717) is 6.54 Å². The zero-order chi connectivity index (χ0) is 15.3. The standard InChI is InChI=1S/C16H22N2O3/c1-18(11-8-15(20)21)12-14(19)17-16(9-5-10-16)13-6-3-2-4-7-13/h2-4,6-7H,5,8-12H2,1H3,(H,17,19)(H,20,21). The molecule has 1 saturated carbocycles. The summed E-state index contributed by atoms with van der Waals surface area (Å²) in [5.74, 6) is -0.895. The van der Waals surface area contributed by atoms with Crippen LogP contribution in [0, 0.1) is 0 Å². The molecule has 114 valence electrons. The molecule has 0 atom stereocenters. The molecule has 0 bridgehead atoms. The highest BCUT2D eigenvalue weighted by Crippen LogP contribution is 2.41. The first-order valence-corrected chi connectivity index (χ1v) is 7.29. The minimum absolute atomic E-state index is 0.0492. The van der Waals surface area contributed by atoms with Gasteiger partial charge in [0, 0.05) is 6.54 Å². The number of hydrogen-bond donors (Lipinski definition) is 2. The predicted molar refractivity (Wildman–Crippen MR) is 79.9 cm³/mol. The number of hydrogen-bond acceptors (Lipinski definition) is 3. The van der Waals surface area contributed by atoms with Crippen LogP contribution < -0.4 is 5.32 Å². The van der Waals surface area contributed by atoms with E-state index in [4.69, 9.17) is 5.11 Å². The van der Waals surface area contributed by atoms with Crippen LogP contribution in [0.5, 0.6) is 0 Å². The van der Waals surface area contributed by atoms with Crippen LogP contribution in [0.3, 0.4) is 0 Å². The molecule has 0 radical (unpaired) electrons. The third kappa shape index (κ3) is 4.04. The Balaban J connectivity index is 1.90. The summed E-state index contributed by atoms with van der Waals surface area (Å²) in [6.07, 6.45) is 3.08. The largest absolute Gasteiger partial charge is 0.481 e. The number of carboxylic acid groups (broad SMARTS) is 1. The van der Waals surface area contributed by atoms with Gasteiger partial charge in [0.1, 0.15) is 0 Å². The molecule has 5 heteroatoms. The molecule has 0 spiro atoms. The first kappa shape index (κ1) is 15.5. The molecule has 5 nitrogen and oxygen atoms in total. The van der Waals surface area contributed by atoms with Crippen LogP contribution in [0.25, 0.3) is 0 Å². The van der Waals surface area contributed by atoms with Gasteiger partial charge in [-0.3, -0.25) is 14.5 Å². The van der Waals surface area contributed by atoms with E-state index in [-0.39, 0.29) is 24.4 Å². The first-order chi connectivity index (χ1) is 10.0. The van der Waals surface area contributed by atoms with Crippen LogP contribution in [0.2, 0.25) is 0 Å². The van der Waals surface area contributed by atoms with Crippen molar-refractivity contribution in [1.82, 2.24) is 10.2 Å². The topological polar surface area (TPSA) is 69.6 Å². The molecule has 21 heavy (non-hydrogen) atoms. The van der Waals surface area contributed by atoms with E-state index in [9.17, 15) is 9.59 Å². The van der Waals surface area contributed by atoms with E-state index in [1.807, 2.05) is 30.3 Å². The fourth-order valence-corrected chi connectivity index (χ4v) is 2.69. The highest BCUT2D eigenvalue weighted by Gasteiger charge is 2.39. The Morgan fingerprint density at radius 1 is 1.29 bits per heavy atom. The van der Waals surface area contributed by atoms with Gasteiger partial charge in [0.05, 0.1) is 18.5 Å². The second kappa shape index (κ2) is 6.72. The van der Waals surface area contributed by atoms with Gasteiger partial charge in [0.25, 0.3) is 0 Å². The van der Waals surface area contributed by atoms with Crippen molar-refractivity contribution >= 4 is 11.9 Å². The number of carbonyl (C=O) groups is 2. The molecular formula is C16H22N2O3. The Kier molecular flexibility index (Phi) is 4.96. The Morgan fingerprint density at radius 3 is 2.48 bits per heavy atom. The second-order valence-electron chi connectivity index (χ2n) is 5.73. The molecule has 2 rings (SSSR count). The maximum Gasteiger partial charge on any atom is 0.304 e. The van der Waals surface area contributed by atoms with Crippen molar-refractivity contribution in [1.29, 1.82) is 0 Å². The average Bonchev–Trinajstić information content (AvgIpc) is 2.41. The van der Waals surface area contributed by atoms with E-state index < -0.39 is 5.97 Å². The highest BCUT2D eigenvalue weighted by molar-refractivity contribution is 5.79. The fraction of sp³-hybridized carbons (Fsp3) is 0.500. The smallest absolute Gasteiger partial charge is 0.304 e. The van der Waals surface area contributed by atoms with Crippen molar-refractivity contribution in [3.63, 3.8) is 0 Å². The number of rotatable bonds is 7. The summed E-state index contributed by atoms with van der Waals surface area (Å²) in [4.78, 5) is 24.4. The van der Waals surface area contributed by atoms with E-state index in [1.165, 1.54) is 0 Å². The van der Waals surface area contributed by atoms with Crippen LogP contribution in [-0.4, -0.2) is 42.0 Å². The maximum atomic E-state index is 12.2. The summed E-state index contributed by atoms with van der Waals surface area (Å²) in [6, 6.07) is 10.0. The van der Waals surface area contributed by atoms with Crippen LogP contribution in [0.1, 0.15) is 31.2 Å². The number of likely N-dealkylation sites (N-methyl/N-ethyl adjacent to an activating group) is 1. The maximum absolute atomic E-state index is 12.2. The number of nitrogens with zero attached hydrogens (tertiary/aromatic N) is 1. The number of carboxylic acids is 1. The number of carbonyl (C=O) groups excluding carboxylic acids is 1. The first-order valence-electron chi connectivity index (χ1n) is 7.29. The Morgan fingerprint density at radius 2 is 1.95 bits per heavy atom. The molecule has 1 aromatic rings. The molecule has 1 aliphatic rings. The lowest BCUT2D eigenvalue weighted by atomic mass is 9.72. The molecule has 2 N–H and O–H groups in total. The molecule has 0 saturated heterocycles. The van der Waals surface area contributed by atoms with Gasteiger partial charge >= 0.3 is 5.97 Å². The molecule has 1 amide bonds. The van der Waals surface area contributed by atoms with Gasteiger partial charge < -0.3 is 10.4 Å². The van der Waals surface area contributed by atoms with Gasteiger partial charge in [0.15, 0.2) is 0 Å². The van der Waals surface area contributed by atoms with Crippen LogP contribution in [-0.2, 0) is 15.1 Å². The summed E-state index contributed by atoms with van der Waals surface area (Å²) in [5, 5.41) is 11.8. The molecule has 1 aliphatic carbocycles. The van der Waals surface area contributed by atoms with Gasteiger partial charge in [-0.1, -0.05) is 30.3 Å². The summed E-state index contributed by atoms with van der Waals surface area (Å²) in [5.41, 5.74) is 0.921. The SMILES string of the molecule is CN(CCC(=O)O)CC(=O)NC1(c2ccccc2)CCC1. The molecule has 0 aromatic heterocycles. The van der Waals surface area contributed by atoms with Crippen molar-refractivity contribution in [3.8, 4) is 0 Å². The minimum atomic E-state index is -0.845. The summed E-state index contributed by atoms with van der Waals surface area (Å²) >= 11 is 0. The molecular weight excluding hydrogens is 268 g/mol. The zero-order valence-electron chi connectivity index (χ0n) is 12.3. The summed E-state index contributed by atoms with van der Waals surface area (Å²) < 4.78 is 0. The van der Waals surface area contributed by atoms with E-state index in [1.54, 1.807) is 11.9 Å². The summed E-state index contributed by atoms with van der Waals surface area (Å²) in [7, 11) is 1.76. The lowest BCUT2D eigenvalue weighted by molar-refractivity contribution is -0.137. The van der Waals surface area contributed by atoms with E-state index in [2.05, 4.69) is 5.32 Å². The monoisotopic (exact) mass is 290 g/mol. The van der Waals surface area contributed by atoms with Crippen LogP contribution in [0.4, 0.5) is 0 Å². The average molecular weight is 290 g/mol. The van der Waals surface area contributed by atoms with Crippen molar-refractivity contribution in [2.45, 2.75) is 31.2 Å². The van der Waals surface area contributed by atoms with Gasteiger partial charge in [-0.05, 0) is 31.9 Å². The van der Waals surface area contributed by atoms with Crippen LogP contribution >= 0.6 is 0 Å². The van der Waals surface area contributed by atoms with Crippen LogP contribution in [0.15, 0.2) is 30.3 Å². The van der Waals surface area contributed by atoms with E-state index >= 15 is 0 Å². The van der Waals surface area contributed by atoms with Gasteiger partial charge in [0.2, 0.25) is 5.91 Å². The molecule has 1 aromatic carbocycles. The number of benzene rings is 1. The van der Waals surface area contributed by atoms with Crippen molar-refractivity contribution < 1.29 is 14.7 Å². The zero-order valence-corrected chi connectivity index (χ0v) is 12.3. The van der Waals surface area contributed by atoms with Crippen molar-refractivity contribution in [2.24, 2.45) is 0 Å². The quantitative estimate of drug-likeness (QED) is 0.800. The Hall–Kier alpha value is -1.88. The van der Waals surface area contributed by atoms with Gasteiger partial charge in [-0.15, -0.1) is 0 Å². The van der Waals surface area contributed by atoms with Crippen molar-refractivity contribution in [3.05, 3.63) is 35.9 Å². The van der Waals surface area contributed by atoms with E-state index in [0.717, 1.165) is 24.8 Å². The van der Waals surface area contributed by atoms with Gasteiger partial charge in [-0.2, -0.15) is 0 Å². The Labute approximate surface area is 125 Å². The normalized spacial score (nSPS) is 16.3. The summed E-state index contributed by atoms with van der Waals surface area (Å²) in [6.45, 7) is 0.600. The lowest BCUT2D eigenvalue weighted by Gasteiger charge is -2.43. The highest BCUT2D eigenvalue weighted by atomic mass is 16.4. The third-order valence-corrected chi connectivity index (χ3v) is 4.03. The fourth-order valence-electron chi connectivity index (χ4n) is 2.69. The lowest BCUT2D eigenvalue weighted by Crippen LogP contribution is -2.53. The second-order valence-corrected chi connectivity index (χ2v) is 5.73. The predicted octanol–water partition coefficient (Wildman–Crippen LogP) is 1.59. The molecule has 1 fully saturated rings. The van der Waals surface area contributed by atoms with Gasteiger partial charge in [-0.25, -0.2) is 0 Å². The molecule has 0 aliphatic heterocycles. The minimum Gasteiger partial charge on any atom is -0.481 e. The van der Waals surface area contributed by atoms with Crippen molar-refractivity contribution in [2.75, 3.05) is 20.1 Å². The number of aliphatic carboxylic acids is 1. The molecule has 0 heterocycles. The third-order valence-electron chi connectivity index (χ3n) is 4.03. The molecule has 0 unspecified atom stereocenters.